The summed E-state index contributed by atoms with van der Waals surface area (Å²) in [7, 11) is 0. The Hall–Kier alpha value is -1.16. The second-order valence-corrected chi connectivity index (χ2v) is 6.56. The predicted molar refractivity (Wildman–Crippen MR) is 74.7 cm³/mol. The summed E-state index contributed by atoms with van der Waals surface area (Å²) in [6.45, 7) is 0.206. The summed E-state index contributed by atoms with van der Waals surface area (Å²) in [5.41, 5.74) is -0.858. The molecule has 110 valence electrons. The zero-order valence-electron chi connectivity index (χ0n) is 11.9. The van der Waals surface area contributed by atoms with Crippen molar-refractivity contribution in [3.63, 3.8) is 0 Å². The highest BCUT2D eigenvalue weighted by atomic mass is 16.3. The summed E-state index contributed by atoms with van der Waals surface area (Å²) < 4.78 is 0. The van der Waals surface area contributed by atoms with E-state index in [1.807, 2.05) is 12.2 Å². The van der Waals surface area contributed by atoms with Gasteiger partial charge in [0.1, 0.15) is 0 Å². The number of β-amino-alcohol motifs (C(OH)–C–C–N with tert-alkyl or cyclic N) is 1. The second-order valence-electron chi connectivity index (χ2n) is 6.56. The van der Waals surface area contributed by atoms with Crippen molar-refractivity contribution in [3.05, 3.63) is 12.2 Å². The van der Waals surface area contributed by atoms with Crippen LogP contribution in [0.1, 0.15) is 51.4 Å². The lowest BCUT2D eigenvalue weighted by molar-refractivity contribution is -0.144. The fourth-order valence-corrected chi connectivity index (χ4v) is 3.86. The van der Waals surface area contributed by atoms with Gasteiger partial charge in [-0.3, -0.25) is 14.5 Å². The standard InChI is InChI=1S/C16H23NO3/c18-14-12-7-3-4-8-13(12)15(19)17(14)11-16(20)9-5-1-2-6-10-16/h3-4,12-13,20H,1-2,5-11H2. The fraction of sp³-hybridized carbons (Fsp3) is 0.750. The van der Waals surface area contributed by atoms with E-state index in [9.17, 15) is 14.7 Å². The smallest absolute Gasteiger partial charge is 0.233 e. The number of rotatable bonds is 2. The first-order valence-electron chi connectivity index (χ1n) is 7.83. The molecule has 4 heteroatoms. The third-order valence-electron chi connectivity index (χ3n) is 5.09. The number of hydrogen-bond donors (Lipinski definition) is 1. The van der Waals surface area contributed by atoms with Gasteiger partial charge in [-0.1, -0.05) is 37.8 Å². The van der Waals surface area contributed by atoms with Crippen LogP contribution in [-0.2, 0) is 9.59 Å². The molecule has 0 aromatic rings. The maximum absolute atomic E-state index is 12.4. The SMILES string of the molecule is O=C1C2CC=CCC2C(=O)N1CC1(O)CCCCCC1. The van der Waals surface area contributed by atoms with Crippen LogP contribution in [0.3, 0.4) is 0 Å². The summed E-state index contributed by atoms with van der Waals surface area (Å²) in [5, 5.41) is 10.7. The molecule has 0 aromatic heterocycles. The Morgan fingerprint density at radius 2 is 1.50 bits per heavy atom. The molecule has 2 atom stereocenters. The topological polar surface area (TPSA) is 57.6 Å². The summed E-state index contributed by atoms with van der Waals surface area (Å²) in [6, 6.07) is 0. The van der Waals surface area contributed by atoms with Crippen LogP contribution in [0.15, 0.2) is 12.2 Å². The van der Waals surface area contributed by atoms with Gasteiger partial charge in [0.2, 0.25) is 11.8 Å². The Bertz CT molecular complexity index is 409. The van der Waals surface area contributed by atoms with E-state index in [0.717, 1.165) is 25.7 Å². The van der Waals surface area contributed by atoms with E-state index in [2.05, 4.69) is 0 Å². The number of hydrogen-bond acceptors (Lipinski definition) is 3. The lowest BCUT2D eigenvalue weighted by Gasteiger charge is -2.30. The zero-order valence-corrected chi connectivity index (χ0v) is 11.9. The maximum Gasteiger partial charge on any atom is 0.233 e. The van der Waals surface area contributed by atoms with Gasteiger partial charge in [0.05, 0.1) is 24.0 Å². The van der Waals surface area contributed by atoms with E-state index in [0.29, 0.717) is 25.7 Å². The lowest BCUT2D eigenvalue weighted by Crippen LogP contribution is -2.45. The lowest BCUT2D eigenvalue weighted by atomic mass is 9.85. The van der Waals surface area contributed by atoms with Gasteiger partial charge in [-0.05, 0) is 25.7 Å². The van der Waals surface area contributed by atoms with Crippen molar-refractivity contribution in [2.45, 2.75) is 57.0 Å². The molecule has 2 unspecified atom stereocenters. The van der Waals surface area contributed by atoms with Crippen LogP contribution in [0, 0.1) is 11.8 Å². The average molecular weight is 277 g/mol. The Morgan fingerprint density at radius 3 is 2.00 bits per heavy atom. The Balaban J connectivity index is 1.74. The summed E-state index contributed by atoms with van der Waals surface area (Å²) in [6.07, 6.45) is 11.0. The molecule has 2 amide bonds. The molecule has 4 nitrogen and oxygen atoms in total. The van der Waals surface area contributed by atoms with Crippen molar-refractivity contribution in [1.29, 1.82) is 0 Å². The third-order valence-corrected chi connectivity index (χ3v) is 5.09. The van der Waals surface area contributed by atoms with Crippen LogP contribution in [0.25, 0.3) is 0 Å². The number of allylic oxidation sites excluding steroid dienone is 2. The molecule has 1 aliphatic heterocycles. The molecule has 20 heavy (non-hydrogen) atoms. The van der Waals surface area contributed by atoms with Gasteiger partial charge in [-0.25, -0.2) is 0 Å². The minimum atomic E-state index is -0.858. The zero-order chi connectivity index (χ0) is 14.2. The van der Waals surface area contributed by atoms with E-state index in [-0.39, 0.29) is 30.2 Å². The van der Waals surface area contributed by atoms with Crippen molar-refractivity contribution in [1.82, 2.24) is 4.90 Å². The first-order chi connectivity index (χ1) is 9.61. The first kappa shape index (κ1) is 13.8. The van der Waals surface area contributed by atoms with Crippen molar-refractivity contribution >= 4 is 11.8 Å². The van der Waals surface area contributed by atoms with Gasteiger partial charge in [0, 0.05) is 0 Å². The van der Waals surface area contributed by atoms with E-state index in [1.54, 1.807) is 0 Å². The minimum absolute atomic E-state index is 0.0676. The number of carbonyl (C=O) groups excluding carboxylic acids is 2. The number of fused-ring (bicyclic) bond motifs is 1. The fourth-order valence-electron chi connectivity index (χ4n) is 3.86. The van der Waals surface area contributed by atoms with Gasteiger partial charge in [0.15, 0.2) is 0 Å². The van der Waals surface area contributed by atoms with E-state index in [4.69, 9.17) is 0 Å². The molecule has 2 fully saturated rings. The number of carbonyl (C=O) groups is 2. The molecular weight excluding hydrogens is 254 g/mol. The van der Waals surface area contributed by atoms with Crippen LogP contribution >= 0.6 is 0 Å². The molecule has 1 heterocycles. The van der Waals surface area contributed by atoms with Crippen LogP contribution in [-0.4, -0.2) is 34.0 Å². The van der Waals surface area contributed by atoms with E-state index in [1.165, 1.54) is 4.90 Å². The molecule has 1 saturated heterocycles. The highest BCUT2D eigenvalue weighted by Gasteiger charge is 2.49. The largest absolute Gasteiger partial charge is 0.388 e. The third kappa shape index (κ3) is 2.41. The molecule has 0 aromatic carbocycles. The van der Waals surface area contributed by atoms with Crippen LogP contribution in [0.4, 0.5) is 0 Å². The van der Waals surface area contributed by atoms with Crippen LogP contribution in [0.2, 0.25) is 0 Å². The molecule has 3 aliphatic rings. The molecule has 2 aliphatic carbocycles. The maximum atomic E-state index is 12.4. The molecule has 0 spiro atoms. The van der Waals surface area contributed by atoms with E-state index < -0.39 is 5.60 Å². The van der Waals surface area contributed by atoms with Crippen molar-refractivity contribution in [3.8, 4) is 0 Å². The quantitative estimate of drug-likeness (QED) is 0.477. The van der Waals surface area contributed by atoms with Gasteiger partial charge in [-0.15, -0.1) is 0 Å². The van der Waals surface area contributed by atoms with Crippen molar-refractivity contribution < 1.29 is 14.7 Å². The number of aliphatic hydroxyl groups is 1. The van der Waals surface area contributed by atoms with Crippen LogP contribution < -0.4 is 0 Å². The number of imide groups is 1. The van der Waals surface area contributed by atoms with Gasteiger partial charge < -0.3 is 5.11 Å². The molecular formula is C16H23NO3. The van der Waals surface area contributed by atoms with Gasteiger partial charge >= 0.3 is 0 Å². The predicted octanol–water partition coefficient (Wildman–Crippen LogP) is 2.02. The molecule has 0 bridgehead atoms. The summed E-state index contributed by atoms with van der Waals surface area (Å²) >= 11 is 0. The van der Waals surface area contributed by atoms with Crippen LogP contribution in [0.5, 0.6) is 0 Å². The minimum Gasteiger partial charge on any atom is -0.388 e. The molecule has 0 radical (unpaired) electrons. The molecule has 1 saturated carbocycles. The summed E-state index contributed by atoms with van der Waals surface area (Å²) in [5.74, 6) is -0.493. The number of amides is 2. The first-order valence-corrected chi connectivity index (χ1v) is 7.83. The molecule has 3 rings (SSSR count). The van der Waals surface area contributed by atoms with Gasteiger partial charge in [-0.2, -0.15) is 0 Å². The number of likely N-dealkylation sites (tertiary alicyclic amines) is 1. The highest BCUT2D eigenvalue weighted by Crippen LogP contribution is 2.37. The van der Waals surface area contributed by atoms with Gasteiger partial charge in [0.25, 0.3) is 0 Å². The number of nitrogens with zero attached hydrogens (tertiary/aromatic N) is 1. The Morgan fingerprint density at radius 1 is 1.00 bits per heavy atom. The van der Waals surface area contributed by atoms with Crippen molar-refractivity contribution in [2.24, 2.45) is 11.8 Å². The molecule has 1 N–H and O–H groups in total. The normalized spacial score (nSPS) is 33.1. The summed E-state index contributed by atoms with van der Waals surface area (Å²) in [4.78, 5) is 26.2. The highest BCUT2D eigenvalue weighted by molar-refractivity contribution is 6.05. The second kappa shape index (κ2) is 5.32. The average Bonchev–Trinajstić information content (AvgIpc) is 2.62. The monoisotopic (exact) mass is 277 g/mol. The Labute approximate surface area is 119 Å². The van der Waals surface area contributed by atoms with Crippen molar-refractivity contribution in [2.75, 3.05) is 6.54 Å². The Kier molecular flexibility index (Phi) is 3.67. The van der Waals surface area contributed by atoms with E-state index >= 15 is 0 Å².